The molecule has 1 unspecified atom stereocenters. The molecule has 0 aliphatic carbocycles. The molecule has 1 atom stereocenters. The Balaban J connectivity index is 0.00000161. The van der Waals surface area contributed by atoms with Gasteiger partial charge < -0.3 is 15.0 Å². The van der Waals surface area contributed by atoms with E-state index in [0.29, 0.717) is 6.67 Å². The lowest BCUT2D eigenvalue weighted by molar-refractivity contribution is 0.126. The molecule has 0 saturated carbocycles. The van der Waals surface area contributed by atoms with Crippen LogP contribution in [0.3, 0.4) is 0 Å². The molecule has 0 bridgehead atoms. The Kier molecular flexibility index (Phi) is 4.65. The van der Waals surface area contributed by atoms with E-state index in [-0.39, 0.29) is 12.4 Å². The van der Waals surface area contributed by atoms with Gasteiger partial charge in [-0.25, -0.2) is 4.99 Å². The van der Waals surface area contributed by atoms with Crippen molar-refractivity contribution < 1.29 is 4.74 Å². The molecule has 0 aromatic heterocycles. The Labute approximate surface area is 130 Å². The highest BCUT2D eigenvalue weighted by atomic mass is 35.5. The standard InChI is InChI=1S/C15H16N4O.ClH/c1-20-14-7-3-2-6-13(14)15(17-9-4-10-18-15)19-11-5-8-16-12-19;/h2-11,17H,12H2,1H3;1H. The molecule has 2 aliphatic rings. The van der Waals surface area contributed by atoms with Crippen LogP contribution in [0.15, 0.2) is 58.8 Å². The van der Waals surface area contributed by atoms with Gasteiger partial charge in [-0.3, -0.25) is 4.99 Å². The van der Waals surface area contributed by atoms with E-state index in [1.165, 1.54) is 0 Å². The molecule has 6 heteroatoms. The molecule has 1 N–H and O–H groups in total. The van der Waals surface area contributed by atoms with Crippen LogP contribution >= 0.6 is 12.4 Å². The molecule has 110 valence electrons. The molecule has 5 nitrogen and oxygen atoms in total. The maximum Gasteiger partial charge on any atom is 0.239 e. The first kappa shape index (κ1) is 15.1. The molecule has 1 aromatic carbocycles. The zero-order valence-corrected chi connectivity index (χ0v) is 12.5. The molecule has 0 saturated heterocycles. The van der Waals surface area contributed by atoms with Crippen molar-refractivity contribution in [2.45, 2.75) is 5.79 Å². The number of para-hydroxylation sites is 1. The summed E-state index contributed by atoms with van der Waals surface area (Å²) >= 11 is 0. The average Bonchev–Trinajstić information content (AvgIpc) is 2.56. The zero-order chi connectivity index (χ0) is 13.8. The van der Waals surface area contributed by atoms with Gasteiger partial charge in [-0.05, 0) is 24.3 Å². The van der Waals surface area contributed by atoms with Gasteiger partial charge in [0, 0.05) is 24.8 Å². The van der Waals surface area contributed by atoms with Gasteiger partial charge in [-0.2, -0.15) is 0 Å². The number of methoxy groups -OCH3 is 1. The number of hydrogen-bond donors (Lipinski definition) is 1. The fourth-order valence-corrected chi connectivity index (χ4v) is 2.38. The smallest absolute Gasteiger partial charge is 0.239 e. The average molecular weight is 305 g/mol. The first-order chi connectivity index (χ1) is 9.87. The van der Waals surface area contributed by atoms with Crippen molar-refractivity contribution in [3.63, 3.8) is 0 Å². The van der Waals surface area contributed by atoms with E-state index in [2.05, 4.69) is 15.3 Å². The minimum Gasteiger partial charge on any atom is -0.496 e. The second-order valence-corrected chi connectivity index (χ2v) is 4.44. The third-order valence-corrected chi connectivity index (χ3v) is 3.32. The van der Waals surface area contributed by atoms with Gasteiger partial charge in [0.1, 0.15) is 12.4 Å². The highest BCUT2D eigenvalue weighted by Gasteiger charge is 2.39. The summed E-state index contributed by atoms with van der Waals surface area (Å²) in [5.41, 5.74) is 0.949. The van der Waals surface area contributed by atoms with Crippen LogP contribution in [0, 0.1) is 0 Å². The predicted octanol–water partition coefficient (Wildman–Crippen LogP) is 2.27. The van der Waals surface area contributed by atoms with Crippen LogP contribution in [0.25, 0.3) is 0 Å². The summed E-state index contributed by atoms with van der Waals surface area (Å²) in [5, 5.41) is 3.34. The summed E-state index contributed by atoms with van der Waals surface area (Å²) in [6, 6.07) is 7.87. The molecule has 0 amide bonds. The first-order valence-corrected chi connectivity index (χ1v) is 6.42. The zero-order valence-electron chi connectivity index (χ0n) is 11.6. The van der Waals surface area contributed by atoms with Crippen molar-refractivity contribution in [2.24, 2.45) is 9.98 Å². The van der Waals surface area contributed by atoms with E-state index in [1.54, 1.807) is 19.5 Å². The minimum absolute atomic E-state index is 0. The van der Waals surface area contributed by atoms with Gasteiger partial charge in [0.2, 0.25) is 5.79 Å². The van der Waals surface area contributed by atoms with Crippen LogP contribution in [0.4, 0.5) is 0 Å². The van der Waals surface area contributed by atoms with Crippen molar-refractivity contribution in [3.05, 3.63) is 54.4 Å². The summed E-state index contributed by atoms with van der Waals surface area (Å²) in [5.74, 6) is 0.0608. The molecule has 3 rings (SSSR count). The van der Waals surface area contributed by atoms with Gasteiger partial charge in [0.05, 0.1) is 12.7 Å². The number of nitrogens with zero attached hydrogens (tertiary/aromatic N) is 3. The molecule has 0 fully saturated rings. The largest absolute Gasteiger partial charge is 0.496 e. The van der Waals surface area contributed by atoms with Gasteiger partial charge in [-0.15, -0.1) is 12.4 Å². The number of halogens is 1. The number of nitrogens with one attached hydrogen (secondary N) is 1. The Morgan fingerprint density at radius 3 is 2.76 bits per heavy atom. The van der Waals surface area contributed by atoms with Gasteiger partial charge in [-0.1, -0.05) is 12.1 Å². The van der Waals surface area contributed by atoms with Crippen molar-refractivity contribution >= 4 is 24.8 Å². The molecule has 1 aromatic rings. The summed E-state index contributed by atoms with van der Waals surface area (Å²) < 4.78 is 5.49. The third kappa shape index (κ3) is 2.64. The summed E-state index contributed by atoms with van der Waals surface area (Å²) in [6.45, 7) is 0.534. The maximum absolute atomic E-state index is 5.49. The number of hydrogen-bond acceptors (Lipinski definition) is 5. The first-order valence-electron chi connectivity index (χ1n) is 6.42. The van der Waals surface area contributed by atoms with E-state index in [0.717, 1.165) is 11.3 Å². The Hall–Kier alpha value is -2.27. The molecule has 21 heavy (non-hydrogen) atoms. The highest BCUT2D eigenvalue weighted by molar-refractivity contribution is 5.85. The molecular formula is C15H17ClN4O. The molecule has 2 heterocycles. The molecule has 0 radical (unpaired) electrons. The summed E-state index contributed by atoms with van der Waals surface area (Å²) in [7, 11) is 1.67. The Morgan fingerprint density at radius 1 is 1.24 bits per heavy atom. The number of rotatable bonds is 3. The monoisotopic (exact) mass is 304 g/mol. The second kappa shape index (κ2) is 6.45. The fraction of sp³-hybridized carbons (Fsp3) is 0.200. The second-order valence-electron chi connectivity index (χ2n) is 4.44. The van der Waals surface area contributed by atoms with E-state index in [4.69, 9.17) is 4.74 Å². The van der Waals surface area contributed by atoms with E-state index in [9.17, 15) is 0 Å². The SMILES string of the molecule is COc1ccccc1C1(N2C=CC=NC2)N=CC=CN1.Cl. The Bertz CT molecular complexity index is 611. The van der Waals surface area contributed by atoms with Crippen LogP contribution in [0.2, 0.25) is 0 Å². The summed E-state index contributed by atoms with van der Waals surface area (Å²) in [6.07, 6.45) is 11.2. The van der Waals surface area contributed by atoms with Crippen LogP contribution in [0.1, 0.15) is 5.56 Å². The quantitative estimate of drug-likeness (QED) is 0.932. The predicted molar refractivity (Wildman–Crippen MR) is 87.0 cm³/mol. The molecular weight excluding hydrogens is 288 g/mol. The lowest BCUT2D eigenvalue weighted by Gasteiger charge is -2.41. The van der Waals surface area contributed by atoms with Crippen LogP contribution in [-0.4, -0.2) is 31.1 Å². The normalized spacial score (nSPS) is 22.6. The van der Waals surface area contributed by atoms with Gasteiger partial charge >= 0.3 is 0 Å². The lowest BCUT2D eigenvalue weighted by Crippen LogP contribution is -2.52. The van der Waals surface area contributed by atoms with Crippen molar-refractivity contribution in [1.82, 2.24) is 10.2 Å². The minimum atomic E-state index is -0.727. The van der Waals surface area contributed by atoms with Crippen LogP contribution < -0.4 is 10.1 Å². The van der Waals surface area contributed by atoms with E-state index < -0.39 is 5.79 Å². The molecule has 2 aliphatic heterocycles. The topological polar surface area (TPSA) is 49.2 Å². The van der Waals surface area contributed by atoms with Gasteiger partial charge in [0.25, 0.3) is 0 Å². The number of aliphatic imine (C=N–C) groups is 2. The van der Waals surface area contributed by atoms with Crippen molar-refractivity contribution in [2.75, 3.05) is 13.8 Å². The van der Waals surface area contributed by atoms with Crippen LogP contribution in [0.5, 0.6) is 5.75 Å². The van der Waals surface area contributed by atoms with Gasteiger partial charge in [0.15, 0.2) is 0 Å². The summed E-state index contributed by atoms with van der Waals surface area (Å²) in [4.78, 5) is 11.0. The van der Waals surface area contributed by atoms with Crippen LogP contribution in [-0.2, 0) is 5.79 Å². The maximum atomic E-state index is 5.49. The third-order valence-electron chi connectivity index (χ3n) is 3.32. The van der Waals surface area contributed by atoms with E-state index in [1.807, 2.05) is 53.7 Å². The van der Waals surface area contributed by atoms with Crippen molar-refractivity contribution in [1.29, 1.82) is 0 Å². The molecule has 0 spiro atoms. The highest BCUT2D eigenvalue weighted by Crippen LogP contribution is 2.35. The number of benzene rings is 1. The van der Waals surface area contributed by atoms with Crippen molar-refractivity contribution in [3.8, 4) is 5.75 Å². The van der Waals surface area contributed by atoms with E-state index >= 15 is 0 Å². The lowest BCUT2D eigenvalue weighted by atomic mass is 10.0. The number of ether oxygens (including phenoxy) is 1. The fourth-order valence-electron chi connectivity index (χ4n) is 2.38. The Morgan fingerprint density at radius 2 is 2.10 bits per heavy atom. The number of allylic oxidation sites excluding steroid dienone is 2.